The first kappa shape index (κ1) is 23.5. The van der Waals surface area contributed by atoms with Gasteiger partial charge in [0.2, 0.25) is 0 Å². The van der Waals surface area contributed by atoms with E-state index < -0.39 is 12.2 Å². The molecule has 2 aliphatic heterocycles. The number of alkyl halides is 3. The highest BCUT2D eigenvalue weighted by atomic mass is 127. The van der Waals surface area contributed by atoms with Crippen molar-refractivity contribution < 1.29 is 17.9 Å². The minimum atomic E-state index is -4.17. The van der Waals surface area contributed by atoms with Crippen molar-refractivity contribution in [2.75, 3.05) is 52.5 Å². The van der Waals surface area contributed by atoms with Crippen LogP contribution in [0.15, 0.2) is 16.6 Å². The number of hydrogen-bond acceptors (Lipinski definition) is 3. The van der Waals surface area contributed by atoms with Crippen LogP contribution in [0.5, 0.6) is 0 Å². The van der Waals surface area contributed by atoms with Crippen LogP contribution in [0.2, 0.25) is 0 Å². The minimum Gasteiger partial charge on any atom is -0.377 e. The minimum absolute atomic E-state index is 0. The molecule has 0 amide bonds. The number of ether oxygens (including phenoxy) is 1. The summed E-state index contributed by atoms with van der Waals surface area (Å²) in [6.45, 7) is 8.02. The van der Waals surface area contributed by atoms with Crippen LogP contribution in [0, 0.1) is 0 Å². The summed E-state index contributed by atoms with van der Waals surface area (Å²) < 4.78 is 43.8. The first-order valence-electron chi connectivity index (χ1n) is 9.01. The summed E-state index contributed by atoms with van der Waals surface area (Å²) in [6.07, 6.45) is -0.190. The lowest BCUT2D eigenvalue weighted by molar-refractivity contribution is -0.181. The molecule has 0 aromatic heterocycles. The Hall–Kier alpha value is -0.550. The molecule has 5 nitrogen and oxygen atoms in total. The van der Waals surface area contributed by atoms with Crippen molar-refractivity contribution in [1.82, 2.24) is 15.1 Å². The molecule has 0 saturated carbocycles. The molecule has 2 aliphatic rings. The highest BCUT2D eigenvalue weighted by Crippen LogP contribution is 2.25. The van der Waals surface area contributed by atoms with E-state index in [-0.39, 0.29) is 24.0 Å². The van der Waals surface area contributed by atoms with Gasteiger partial charge in [0.15, 0.2) is 5.96 Å². The molecule has 0 spiro atoms. The molecule has 2 heterocycles. The Morgan fingerprint density at radius 3 is 2.54 bits per heavy atom. The lowest BCUT2D eigenvalue weighted by atomic mass is 10.1. The van der Waals surface area contributed by atoms with Crippen LogP contribution in [0.1, 0.15) is 26.7 Å². The van der Waals surface area contributed by atoms with Crippen molar-refractivity contribution in [3.63, 3.8) is 0 Å². The fourth-order valence-electron chi connectivity index (χ4n) is 3.05. The number of nitrogens with one attached hydrogen (secondary N) is 1. The Labute approximate surface area is 171 Å². The van der Waals surface area contributed by atoms with E-state index in [0.29, 0.717) is 39.3 Å². The van der Waals surface area contributed by atoms with Gasteiger partial charge in [0.05, 0.1) is 13.2 Å². The van der Waals surface area contributed by atoms with Crippen molar-refractivity contribution in [3.8, 4) is 0 Å². The second-order valence-corrected chi connectivity index (χ2v) is 6.41. The zero-order chi connectivity index (χ0) is 18.3. The van der Waals surface area contributed by atoms with Crippen molar-refractivity contribution in [1.29, 1.82) is 0 Å². The molecular weight excluding hydrogens is 460 g/mol. The summed E-state index contributed by atoms with van der Waals surface area (Å²) in [5.41, 5.74) is 1.37. The molecule has 0 aromatic carbocycles. The van der Waals surface area contributed by atoms with Gasteiger partial charge in [-0.05, 0) is 26.7 Å². The molecule has 26 heavy (non-hydrogen) atoms. The Bertz CT molecular complexity index is 477. The summed E-state index contributed by atoms with van der Waals surface area (Å²) in [5.74, 6) is 0.800. The van der Waals surface area contributed by atoms with Gasteiger partial charge in [-0.15, -0.1) is 24.0 Å². The van der Waals surface area contributed by atoms with Gasteiger partial charge < -0.3 is 15.0 Å². The first-order valence-corrected chi connectivity index (χ1v) is 9.01. The molecule has 1 saturated heterocycles. The number of piperazine rings is 1. The molecule has 1 unspecified atom stereocenters. The van der Waals surface area contributed by atoms with E-state index in [1.165, 1.54) is 17.4 Å². The van der Waals surface area contributed by atoms with Gasteiger partial charge in [-0.25, -0.2) is 0 Å². The molecule has 9 heteroatoms. The third-order valence-corrected chi connectivity index (χ3v) is 4.72. The number of halogens is 4. The van der Waals surface area contributed by atoms with Crippen molar-refractivity contribution in [3.05, 3.63) is 11.6 Å². The Morgan fingerprint density at radius 1 is 1.31 bits per heavy atom. The Morgan fingerprint density at radius 2 is 2.00 bits per heavy atom. The summed E-state index contributed by atoms with van der Waals surface area (Å²) >= 11 is 0. The number of rotatable bonds is 5. The van der Waals surface area contributed by atoms with E-state index in [2.05, 4.69) is 21.3 Å². The summed E-state index contributed by atoms with van der Waals surface area (Å²) in [4.78, 5) is 8.21. The van der Waals surface area contributed by atoms with Crippen LogP contribution in [-0.2, 0) is 4.74 Å². The Kier molecular flexibility index (Phi) is 10.2. The fourth-order valence-corrected chi connectivity index (χ4v) is 3.05. The topological polar surface area (TPSA) is 40.1 Å². The lowest BCUT2D eigenvalue weighted by Crippen LogP contribution is -2.56. The maximum Gasteiger partial charge on any atom is 0.403 e. The van der Waals surface area contributed by atoms with Gasteiger partial charge in [-0.1, -0.05) is 11.6 Å². The SMILES string of the molecule is CCNC(=NCCC1=CCOCC1)N1CCN(C(C)C(F)(F)F)CC1.I. The molecule has 1 atom stereocenters. The van der Waals surface area contributed by atoms with Crippen LogP contribution >= 0.6 is 24.0 Å². The third-order valence-electron chi connectivity index (χ3n) is 4.72. The molecule has 0 radical (unpaired) electrons. The number of nitrogens with zero attached hydrogens (tertiary/aromatic N) is 3. The van der Waals surface area contributed by atoms with Gasteiger partial charge in [0, 0.05) is 39.3 Å². The predicted molar refractivity (Wildman–Crippen MR) is 108 cm³/mol. The second kappa shape index (κ2) is 11.3. The molecule has 1 fully saturated rings. The van der Waals surface area contributed by atoms with Crippen molar-refractivity contribution in [2.45, 2.75) is 38.9 Å². The fraction of sp³-hybridized carbons (Fsp3) is 0.824. The monoisotopic (exact) mass is 490 g/mol. The molecule has 152 valence electrons. The van der Waals surface area contributed by atoms with Gasteiger partial charge in [-0.3, -0.25) is 9.89 Å². The molecule has 0 aromatic rings. The molecule has 0 aliphatic carbocycles. The largest absolute Gasteiger partial charge is 0.403 e. The zero-order valence-corrected chi connectivity index (χ0v) is 17.8. The summed E-state index contributed by atoms with van der Waals surface area (Å²) in [7, 11) is 0. The van der Waals surface area contributed by atoms with Crippen LogP contribution in [0.4, 0.5) is 13.2 Å². The van der Waals surface area contributed by atoms with E-state index in [9.17, 15) is 13.2 Å². The average molecular weight is 490 g/mol. The maximum atomic E-state index is 12.8. The van der Waals surface area contributed by atoms with Gasteiger partial charge in [0.25, 0.3) is 0 Å². The van der Waals surface area contributed by atoms with E-state index in [4.69, 9.17) is 4.74 Å². The van der Waals surface area contributed by atoms with Crippen molar-refractivity contribution >= 4 is 29.9 Å². The standard InChI is InChI=1S/C17H29F3N4O.HI/c1-3-21-16(22-7-4-15-5-12-25-13-6-15)24-10-8-23(9-11-24)14(2)17(18,19)20;/h5,14H,3-4,6-13H2,1-2H3,(H,21,22);1H. The molecule has 0 bridgehead atoms. The molecular formula is C17H30F3IN4O. The van der Waals surface area contributed by atoms with Crippen molar-refractivity contribution in [2.24, 2.45) is 4.99 Å². The first-order chi connectivity index (χ1) is 11.9. The zero-order valence-electron chi connectivity index (χ0n) is 15.5. The number of hydrogen-bond donors (Lipinski definition) is 1. The van der Waals surface area contributed by atoms with Crippen LogP contribution in [0.25, 0.3) is 0 Å². The predicted octanol–water partition coefficient (Wildman–Crippen LogP) is 2.88. The van der Waals surface area contributed by atoms with E-state index in [1.54, 1.807) is 0 Å². The van der Waals surface area contributed by atoms with E-state index in [0.717, 1.165) is 32.0 Å². The highest BCUT2D eigenvalue weighted by Gasteiger charge is 2.41. The number of guanidine groups is 1. The molecule has 1 N–H and O–H groups in total. The lowest BCUT2D eigenvalue weighted by Gasteiger charge is -2.39. The molecule has 2 rings (SSSR count). The quantitative estimate of drug-likeness (QED) is 0.279. The maximum absolute atomic E-state index is 12.8. The second-order valence-electron chi connectivity index (χ2n) is 6.41. The van der Waals surface area contributed by atoms with Crippen LogP contribution < -0.4 is 5.32 Å². The van der Waals surface area contributed by atoms with E-state index in [1.807, 2.05) is 6.92 Å². The van der Waals surface area contributed by atoms with Gasteiger partial charge in [-0.2, -0.15) is 13.2 Å². The average Bonchev–Trinajstić information content (AvgIpc) is 2.61. The van der Waals surface area contributed by atoms with Crippen LogP contribution in [0.3, 0.4) is 0 Å². The van der Waals surface area contributed by atoms with Gasteiger partial charge in [0.1, 0.15) is 6.04 Å². The van der Waals surface area contributed by atoms with Gasteiger partial charge >= 0.3 is 6.18 Å². The normalized spacial score (nSPS) is 21.0. The summed E-state index contributed by atoms with van der Waals surface area (Å²) in [5, 5.41) is 3.26. The Balaban J connectivity index is 0.00000338. The third kappa shape index (κ3) is 7.22. The van der Waals surface area contributed by atoms with Crippen LogP contribution in [-0.4, -0.2) is 80.5 Å². The number of aliphatic imine (C=N–C) groups is 1. The summed E-state index contributed by atoms with van der Waals surface area (Å²) in [6, 6.07) is -1.39. The van der Waals surface area contributed by atoms with E-state index >= 15 is 0 Å². The smallest absolute Gasteiger partial charge is 0.377 e. The highest BCUT2D eigenvalue weighted by molar-refractivity contribution is 14.0.